The summed E-state index contributed by atoms with van der Waals surface area (Å²) in [6.45, 7) is 10.0. The lowest BCUT2D eigenvalue weighted by molar-refractivity contribution is 0.00578. The van der Waals surface area contributed by atoms with Crippen molar-refractivity contribution in [3.63, 3.8) is 0 Å². The van der Waals surface area contributed by atoms with Gasteiger partial charge in [-0.2, -0.15) is 4.39 Å². The highest BCUT2D eigenvalue weighted by Gasteiger charge is 2.52. The Kier molecular flexibility index (Phi) is 4.24. The first kappa shape index (κ1) is 16.1. The minimum absolute atomic E-state index is 0.299. The molecule has 1 aliphatic heterocycles. The van der Waals surface area contributed by atoms with E-state index < -0.39 is 24.3 Å². The van der Waals surface area contributed by atoms with Gasteiger partial charge >= 0.3 is 7.12 Å². The predicted molar refractivity (Wildman–Crippen MR) is 82.0 cm³/mol. The van der Waals surface area contributed by atoms with Crippen LogP contribution in [0.1, 0.15) is 39.0 Å². The van der Waals surface area contributed by atoms with E-state index in [0.717, 1.165) is 11.0 Å². The van der Waals surface area contributed by atoms with Crippen molar-refractivity contribution >= 4 is 13.2 Å². The van der Waals surface area contributed by atoms with Crippen LogP contribution in [0.5, 0.6) is 0 Å². The first-order chi connectivity index (χ1) is 9.66. The van der Waals surface area contributed by atoms with Gasteiger partial charge in [0.1, 0.15) is 0 Å². The van der Waals surface area contributed by atoms with E-state index in [9.17, 15) is 4.39 Å². The number of halogens is 1. The molecule has 0 spiro atoms. The van der Waals surface area contributed by atoms with Crippen LogP contribution in [-0.4, -0.2) is 29.8 Å². The summed E-state index contributed by atoms with van der Waals surface area (Å²) in [7, 11) is -0.496. The lowest BCUT2D eigenvalue weighted by atomic mass is 9.77. The van der Waals surface area contributed by atoms with E-state index in [2.05, 4.69) is 4.98 Å². The zero-order valence-electron chi connectivity index (χ0n) is 13.2. The average molecular weight is 292 g/mol. The Morgan fingerprint density at radius 3 is 2.33 bits per heavy atom. The van der Waals surface area contributed by atoms with Gasteiger partial charge < -0.3 is 15.0 Å². The average Bonchev–Trinajstić information content (AvgIpc) is 2.57. The van der Waals surface area contributed by atoms with Crippen LogP contribution < -0.4 is 5.73 Å². The van der Waals surface area contributed by atoms with Crippen LogP contribution in [0.2, 0.25) is 0 Å². The fourth-order valence-electron chi connectivity index (χ4n) is 2.11. The first-order valence-corrected chi connectivity index (χ1v) is 7.05. The van der Waals surface area contributed by atoms with Crippen LogP contribution >= 0.6 is 0 Å². The zero-order valence-corrected chi connectivity index (χ0v) is 13.2. The molecule has 1 aromatic rings. The Labute approximate surface area is 125 Å². The second kappa shape index (κ2) is 5.52. The summed E-state index contributed by atoms with van der Waals surface area (Å²) in [5.74, 6) is -0.491. The monoisotopic (exact) mass is 292 g/mol. The minimum Gasteiger partial charge on any atom is -0.400 e. The van der Waals surface area contributed by atoms with Crippen molar-refractivity contribution in [3.05, 3.63) is 34.8 Å². The molecule has 4 nitrogen and oxygen atoms in total. The Balaban J connectivity index is 2.31. The number of aromatic nitrogens is 1. The summed E-state index contributed by atoms with van der Waals surface area (Å²) < 4.78 is 25.0. The lowest BCUT2D eigenvalue weighted by Gasteiger charge is -2.32. The van der Waals surface area contributed by atoms with Crippen LogP contribution in [0.25, 0.3) is 6.08 Å². The van der Waals surface area contributed by atoms with E-state index in [1.165, 1.54) is 6.07 Å². The third-order valence-electron chi connectivity index (χ3n) is 4.23. The van der Waals surface area contributed by atoms with Crippen molar-refractivity contribution in [1.82, 2.24) is 4.98 Å². The summed E-state index contributed by atoms with van der Waals surface area (Å²) >= 11 is 0. The van der Waals surface area contributed by atoms with Crippen molar-refractivity contribution in [2.75, 3.05) is 6.54 Å². The fraction of sp³-hybridized carbons (Fsp3) is 0.533. The maximum Gasteiger partial charge on any atom is 0.491 e. The lowest BCUT2D eigenvalue weighted by Crippen LogP contribution is -2.41. The second-order valence-corrected chi connectivity index (χ2v) is 6.32. The van der Waals surface area contributed by atoms with E-state index in [4.69, 9.17) is 15.0 Å². The van der Waals surface area contributed by atoms with Crippen molar-refractivity contribution in [2.45, 2.75) is 45.8 Å². The molecule has 0 aromatic carbocycles. The maximum absolute atomic E-state index is 13.1. The van der Waals surface area contributed by atoms with Crippen LogP contribution in [0, 0.1) is 12.9 Å². The smallest absolute Gasteiger partial charge is 0.400 e. The third-order valence-corrected chi connectivity index (χ3v) is 4.23. The highest BCUT2D eigenvalue weighted by atomic mass is 19.1. The van der Waals surface area contributed by atoms with E-state index in [1.807, 2.05) is 33.8 Å². The molecule has 0 unspecified atom stereocenters. The van der Waals surface area contributed by atoms with E-state index in [-0.39, 0.29) is 0 Å². The molecular formula is C15H22BFN2O2. The Morgan fingerprint density at radius 1 is 1.29 bits per heavy atom. The third kappa shape index (κ3) is 3.17. The van der Waals surface area contributed by atoms with E-state index >= 15 is 0 Å². The van der Waals surface area contributed by atoms with Crippen molar-refractivity contribution in [3.8, 4) is 0 Å². The molecular weight excluding hydrogens is 270 g/mol. The molecule has 1 saturated heterocycles. The maximum atomic E-state index is 13.1. The highest BCUT2D eigenvalue weighted by molar-refractivity contribution is 6.55. The molecule has 0 saturated carbocycles. The molecule has 0 bridgehead atoms. The SMILES string of the molecule is Cc1nc(F)ccc1C=C(CN)B1OC(C)(C)C(C)(C)O1. The molecule has 6 heteroatoms. The van der Waals surface area contributed by atoms with Gasteiger partial charge in [-0.25, -0.2) is 4.98 Å². The quantitative estimate of drug-likeness (QED) is 0.687. The van der Waals surface area contributed by atoms with Gasteiger partial charge in [-0.1, -0.05) is 6.08 Å². The number of rotatable bonds is 3. The molecule has 0 aliphatic carbocycles. The van der Waals surface area contributed by atoms with Crippen LogP contribution in [0.4, 0.5) is 4.39 Å². The molecule has 114 valence electrons. The highest BCUT2D eigenvalue weighted by Crippen LogP contribution is 2.38. The van der Waals surface area contributed by atoms with Crippen LogP contribution in [-0.2, 0) is 9.31 Å². The first-order valence-electron chi connectivity index (χ1n) is 7.05. The molecule has 1 fully saturated rings. The predicted octanol–water partition coefficient (Wildman–Crippen LogP) is 2.50. The summed E-state index contributed by atoms with van der Waals surface area (Å²) in [6, 6.07) is 3.01. The van der Waals surface area contributed by atoms with Crippen LogP contribution in [0.15, 0.2) is 17.6 Å². The van der Waals surface area contributed by atoms with E-state index in [1.54, 1.807) is 13.0 Å². The summed E-state index contributed by atoms with van der Waals surface area (Å²) in [4.78, 5) is 3.81. The number of nitrogens with zero attached hydrogens (tertiary/aromatic N) is 1. The Hall–Kier alpha value is -1.24. The second-order valence-electron chi connectivity index (χ2n) is 6.32. The number of hydrogen-bond donors (Lipinski definition) is 1. The molecule has 21 heavy (non-hydrogen) atoms. The summed E-state index contributed by atoms with van der Waals surface area (Å²) in [6.07, 6.45) is 1.86. The number of nitrogens with two attached hydrogens (primary N) is 1. The van der Waals surface area contributed by atoms with Gasteiger partial charge in [0, 0.05) is 12.2 Å². The topological polar surface area (TPSA) is 57.4 Å². The molecule has 0 radical (unpaired) electrons. The molecule has 2 N–H and O–H groups in total. The van der Waals surface area contributed by atoms with Crippen molar-refractivity contribution in [1.29, 1.82) is 0 Å². The standard InChI is InChI=1S/C15H22BFN2O2/c1-10-11(6-7-13(17)19-10)8-12(9-18)16-20-14(2,3)15(4,5)21-16/h6-8H,9,18H2,1-5H3. The Bertz CT molecular complexity index is 557. The summed E-state index contributed by atoms with van der Waals surface area (Å²) in [5, 5.41) is 0. The van der Waals surface area contributed by atoms with Gasteiger partial charge in [-0.15, -0.1) is 0 Å². The van der Waals surface area contributed by atoms with Gasteiger partial charge in [0.15, 0.2) is 0 Å². The van der Waals surface area contributed by atoms with Crippen molar-refractivity contribution in [2.24, 2.45) is 5.73 Å². The van der Waals surface area contributed by atoms with Gasteiger partial charge in [0.25, 0.3) is 0 Å². The number of aryl methyl sites for hydroxylation is 1. The number of hydrogen-bond acceptors (Lipinski definition) is 4. The van der Waals surface area contributed by atoms with Crippen molar-refractivity contribution < 1.29 is 13.7 Å². The Morgan fingerprint density at radius 2 is 1.86 bits per heavy atom. The minimum atomic E-state index is -0.496. The molecule has 0 amide bonds. The molecule has 2 heterocycles. The number of pyridine rings is 1. The van der Waals surface area contributed by atoms with Gasteiger partial charge in [0.2, 0.25) is 5.95 Å². The molecule has 0 atom stereocenters. The largest absolute Gasteiger partial charge is 0.491 e. The van der Waals surface area contributed by atoms with E-state index in [0.29, 0.717) is 12.2 Å². The molecule has 2 rings (SSSR count). The fourth-order valence-corrected chi connectivity index (χ4v) is 2.11. The normalized spacial score (nSPS) is 20.9. The van der Waals surface area contributed by atoms with Gasteiger partial charge in [-0.05, 0) is 57.8 Å². The summed E-state index contributed by atoms with van der Waals surface area (Å²) in [5.41, 5.74) is 7.24. The van der Waals surface area contributed by atoms with Crippen LogP contribution in [0.3, 0.4) is 0 Å². The van der Waals surface area contributed by atoms with Gasteiger partial charge in [-0.3, -0.25) is 0 Å². The zero-order chi connectivity index (χ0) is 15.8. The molecule has 1 aromatic heterocycles. The molecule has 1 aliphatic rings. The van der Waals surface area contributed by atoms with Gasteiger partial charge in [0.05, 0.1) is 11.2 Å².